The minimum Gasteiger partial charge on any atom is -0.371 e. The van der Waals surface area contributed by atoms with Crippen LogP contribution in [0.3, 0.4) is 0 Å². The molecule has 0 bridgehead atoms. The standard InChI is InChI=1S/C12H10N2OS/c13-7-11-6-10(3-4-14-11)8-15-9-12-2-1-5-16-12/h1-6H,8-9H2. The van der Waals surface area contributed by atoms with Crippen molar-refractivity contribution in [2.45, 2.75) is 13.2 Å². The van der Waals surface area contributed by atoms with Crippen molar-refractivity contribution in [2.24, 2.45) is 0 Å². The highest BCUT2D eigenvalue weighted by molar-refractivity contribution is 7.09. The number of pyridine rings is 1. The van der Waals surface area contributed by atoms with Gasteiger partial charge in [0.2, 0.25) is 0 Å². The molecular weight excluding hydrogens is 220 g/mol. The van der Waals surface area contributed by atoms with Crippen molar-refractivity contribution in [2.75, 3.05) is 0 Å². The van der Waals surface area contributed by atoms with Gasteiger partial charge in [0.15, 0.2) is 0 Å². The Labute approximate surface area is 97.9 Å². The van der Waals surface area contributed by atoms with Crippen molar-refractivity contribution >= 4 is 11.3 Å². The highest BCUT2D eigenvalue weighted by Gasteiger charge is 1.98. The van der Waals surface area contributed by atoms with Crippen LogP contribution in [-0.4, -0.2) is 4.98 Å². The third-order valence-corrected chi connectivity index (χ3v) is 2.88. The number of nitriles is 1. The topological polar surface area (TPSA) is 45.9 Å². The average molecular weight is 230 g/mol. The van der Waals surface area contributed by atoms with Crippen LogP contribution in [0.15, 0.2) is 35.8 Å². The Bertz CT molecular complexity index is 488. The summed E-state index contributed by atoms with van der Waals surface area (Å²) in [5.74, 6) is 0. The Balaban J connectivity index is 1.88. The molecule has 0 spiro atoms. The van der Waals surface area contributed by atoms with Crippen molar-refractivity contribution in [3.63, 3.8) is 0 Å². The van der Waals surface area contributed by atoms with E-state index < -0.39 is 0 Å². The van der Waals surface area contributed by atoms with Gasteiger partial charge in [0.1, 0.15) is 11.8 Å². The summed E-state index contributed by atoms with van der Waals surface area (Å²) in [4.78, 5) is 5.10. The molecule has 0 amide bonds. The molecule has 0 radical (unpaired) electrons. The molecule has 0 N–H and O–H groups in total. The lowest BCUT2D eigenvalue weighted by Gasteiger charge is -2.02. The first-order chi connectivity index (χ1) is 7.88. The van der Waals surface area contributed by atoms with Gasteiger partial charge in [0.25, 0.3) is 0 Å². The maximum atomic E-state index is 8.69. The third-order valence-electron chi connectivity index (χ3n) is 2.03. The smallest absolute Gasteiger partial charge is 0.140 e. The summed E-state index contributed by atoms with van der Waals surface area (Å²) in [5, 5.41) is 10.7. The van der Waals surface area contributed by atoms with Crippen molar-refractivity contribution in [3.05, 3.63) is 52.0 Å². The first-order valence-electron chi connectivity index (χ1n) is 4.83. The van der Waals surface area contributed by atoms with Crippen LogP contribution in [0.1, 0.15) is 16.1 Å². The molecule has 0 atom stereocenters. The van der Waals surface area contributed by atoms with Gasteiger partial charge in [-0.3, -0.25) is 0 Å². The van der Waals surface area contributed by atoms with Gasteiger partial charge in [-0.15, -0.1) is 11.3 Å². The van der Waals surface area contributed by atoms with E-state index in [1.165, 1.54) is 4.88 Å². The predicted octanol–water partition coefficient (Wildman–Crippen LogP) is 2.73. The first-order valence-corrected chi connectivity index (χ1v) is 5.71. The second-order valence-electron chi connectivity index (χ2n) is 3.23. The number of hydrogen-bond acceptors (Lipinski definition) is 4. The highest BCUT2D eigenvalue weighted by Crippen LogP contribution is 2.11. The molecule has 0 unspecified atom stereocenters. The Hall–Kier alpha value is -1.70. The Morgan fingerprint density at radius 2 is 2.31 bits per heavy atom. The molecule has 2 rings (SSSR count). The molecule has 16 heavy (non-hydrogen) atoms. The minimum atomic E-state index is 0.428. The molecule has 0 saturated heterocycles. The molecule has 4 heteroatoms. The number of thiophene rings is 1. The number of rotatable bonds is 4. The average Bonchev–Trinajstić information content (AvgIpc) is 2.82. The summed E-state index contributed by atoms with van der Waals surface area (Å²) in [6.07, 6.45) is 1.63. The summed E-state index contributed by atoms with van der Waals surface area (Å²) >= 11 is 1.68. The first kappa shape index (κ1) is 10.8. The molecule has 3 nitrogen and oxygen atoms in total. The molecule has 2 aromatic heterocycles. The molecule has 0 aliphatic heterocycles. The van der Waals surface area contributed by atoms with Gasteiger partial charge in [-0.1, -0.05) is 6.07 Å². The molecule has 0 fully saturated rings. The predicted molar refractivity (Wildman–Crippen MR) is 61.8 cm³/mol. The molecule has 2 aromatic rings. The second kappa shape index (κ2) is 5.40. The zero-order valence-corrected chi connectivity index (χ0v) is 9.41. The number of aromatic nitrogens is 1. The lowest BCUT2D eigenvalue weighted by molar-refractivity contribution is 0.109. The fraction of sp³-hybridized carbons (Fsp3) is 0.167. The van der Waals surface area contributed by atoms with E-state index in [0.29, 0.717) is 18.9 Å². The van der Waals surface area contributed by atoms with E-state index >= 15 is 0 Å². The van der Waals surface area contributed by atoms with Crippen LogP contribution in [0.2, 0.25) is 0 Å². The van der Waals surface area contributed by atoms with Crippen LogP contribution in [0.25, 0.3) is 0 Å². The van der Waals surface area contributed by atoms with Crippen LogP contribution in [-0.2, 0) is 18.0 Å². The zero-order valence-electron chi connectivity index (χ0n) is 8.59. The van der Waals surface area contributed by atoms with E-state index in [-0.39, 0.29) is 0 Å². The Morgan fingerprint density at radius 3 is 3.06 bits per heavy atom. The molecule has 0 saturated carbocycles. The molecular formula is C12H10N2OS. The van der Waals surface area contributed by atoms with Crippen molar-refractivity contribution in [1.29, 1.82) is 5.26 Å². The van der Waals surface area contributed by atoms with Gasteiger partial charge < -0.3 is 4.74 Å². The number of ether oxygens (including phenoxy) is 1. The lowest BCUT2D eigenvalue weighted by Crippen LogP contribution is -1.94. The van der Waals surface area contributed by atoms with E-state index in [4.69, 9.17) is 10.00 Å². The van der Waals surface area contributed by atoms with Crippen molar-refractivity contribution < 1.29 is 4.74 Å². The number of nitrogens with zero attached hydrogens (tertiary/aromatic N) is 2. The van der Waals surface area contributed by atoms with Crippen molar-refractivity contribution in [3.8, 4) is 6.07 Å². The van der Waals surface area contributed by atoms with E-state index in [9.17, 15) is 0 Å². The van der Waals surface area contributed by atoms with Gasteiger partial charge in [0.05, 0.1) is 13.2 Å². The second-order valence-corrected chi connectivity index (χ2v) is 4.27. The lowest BCUT2D eigenvalue weighted by atomic mass is 10.2. The van der Waals surface area contributed by atoms with Crippen LogP contribution in [0.4, 0.5) is 0 Å². The van der Waals surface area contributed by atoms with E-state index in [0.717, 1.165) is 5.56 Å². The molecule has 2 heterocycles. The van der Waals surface area contributed by atoms with Crippen molar-refractivity contribution in [1.82, 2.24) is 4.98 Å². The number of hydrogen-bond donors (Lipinski definition) is 0. The van der Waals surface area contributed by atoms with E-state index in [1.54, 1.807) is 23.6 Å². The van der Waals surface area contributed by atoms with Crippen LogP contribution < -0.4 is 0 Å². The maximum Gasteiger partial charge on any atom is 0.140 e. The van der Waals surface area contributed by atoms with Crippen LogP contribution >= 0.6 is 11.3 Å². The third kappa shape index (κ3) is 2.89. The molecule has 0 aromatic carbocycles. The quantitative estimate of drug-likeness (QED) is 0.811. The van der Waals surface area contributed by atoms with E-state index in [2.05, 4.69) is 4.98 Å². The molecule has 80 valence electrons. The summed E-state index contributed by atoms with van der Waals surface area (Å²) in [6.45, 7) is 1.12. The van der Waals surface area contributed by atoms with Crippen LogP contribution in [0.5, 0.6) is 0 Å². The normalized spacial score (nSPS) is 9.94. The summed E-state index contributed by atoms with van der Waals surface area (Å²) in [7, 11) is 0. The van der Waals surface area contributed by atoms with Crippen LogP contribution in [0, 0.1) is 11.3 Å². The monoisotopic (exact) mass is 230 g/mol. The maximum absolute atomic E-state index is 8.69. The zero-order chi connectivity index (χ0) is 11.2. The Morgan fingerprint density at radius 1 is 1.38 bits per heavy atom. The SMILES string of the molecule is N#Cc1cc(COCc2cccs2)ccn1. The minimum absolute atomic E-state index is 0.428. The molecule has 0 aliphatic carbocycles. The van der Waals surface area contributed by atoms with E-state index in [1.807, 2.05) is 29.6 Å². The van der Waals surface area contributed by atoms with Gasteiger partial charge in [-0.25, -0.2) is 4.98 Å². The van der Waals surface area contributed by atoms with Gasteiger partial charge in [-0.05, 0) is 29.1 Å². The fourth-order valence-corrected chi connectivity index (χ4v) is 1.93. The van der Waals surface area contributed by atoms with Gasteiger partial charge in [0, 0.05) is 11.1 Å². The van der Waals surface area contributed by atoms with Gasteiger partial charge in [-0.2, -0.15) is 5.26 Å². The fourth-order valence-electron chi connectivity index (χ4n) is 1.29. The molecule has 0 aliphatic rings. The highest BCUT2D eigenvalue weighted by atomic mass is 32.1. The van der Waals surface area contributed by atoms with Gasteiger partial charge >= 0.3 is 0 Å². The summed E-state index contributed by atoms with van der Waals surface area (Å²) in [6, 6.07) is 9.65. The Kier molecular flexibility index (Phi) is 3.65. The summed E-state index contributed by atoms with van der Waals surface area (Å²) < 4.78 is 5.54. The largest absolute Gasteiger partial charge is 0.371 e. The summed E-state index contributed by atoms with van der Waals surface area (Å²) in [5.41, 5.74) is 1.40.